The summed E-state index contributed by atoms with van der Waals surface area (Å²) >= 11 is 0. The van der Waals surface area contributed by atoms with Crippen LogP contribution < -0.4 is 5.56 Å². The van der Waals surface area contributed by atoms with Crippen LogP contribution in [-0.2, 0) is 26.1 Å². The second-order valence-corrected chi connectivity index (χ2v) is 7.76. The molecule has 5 rings (SSSR count). The van der Waals surface area contributed by atoms with Gasteiger partial charge < -0.3 is 0 Å². The first kappa shape index (κ1) is 17.4. The third-order valence-electron chi connectivity index (χ3n) is 5.84. The third kappa shape index (κ3) is 3.40. The molecular weight excluding hydrogens is 354 g/mol. The molecule has 1 saturated heterocycles. The van der Waals surface area contributed by atoms with E-state index in [2.05, 4.69) is 25.7 Å². The Bertz CT molecular complexity index is 980. The lowest BCUT2D eigenvalue weighted by Crippen LogP contribution is -2.37. The van der Waals surface area contributed by atoms with E-state index in [1.165, 1.54) is 18.5 Å². The zero-order chi connectivity index (χ0) is 18.9. The molecule has 1 fully saturated rings. The lowest BCUT2D eigenvalue weighted by Gasteiger charge is -2.23. The fraction of sp³-hybridized carbons (Fsp3) is 0.500. The summed E-state index contributed by atoms with van der Waals surface area (Å²) < 4.78 is 5.58. The van der Waals surface area contributed by atoms with E-state index < -0.39 is 0 Å². The van der Waals surface area contributed by atoms with E-state index in [1.807, 2.05) is 10.8 Å². The van der Waals surface area contributed by atoms with Gasteiger partial charge in [-0.1, -0.05) is 0 Å². The molecule has 8 nitrogen and oxygen atoms in total. The zero-order valence-corrected chi connectivity index (χ0v) is 15.9. The Hall–Kier alpha value is -2.74. The zero-order valence-electron chi connectivity index (χ0n) is 15.9. The lowest BCUT2D eigenvalue weighted by atomic mass is 10.1. The van der Waals surface area contributed by atoms with Crippen LogP contribution in [0.4, 0.5) is 0 Å². The number of hydrogen-bond donors (Lipinski definition) is 0. The van der Waals surface area contributed by atoms with E-state index in [0.717, 1.165) is 44.6 Å². The number of aryl methyl sites for hydroxylation is 2. The fourth-order valence-electron chi connectivity index (χ4n) is 4.37. The molecule has 2 aliphatic rings. The van der Waals surface area contributed by atoms with Crippen molar-refractivity contribution in [3.63, 3.8) is 0 Å². The Labute approximate surface area is 163 Å². The van der Waals surface area contributed by atoms with Crippen LogP contribution in [0.25, 0.3) is 5.82 Å². The van der Waals surface area contributed by atoms with Gasteiger partial charge in [0.25, 0.3) is 5.56 Å². The van der Waals surface area contributed by atoms with Gasteiger partial charge in [-0.2, -0.15) is 10.2 Å². The molecule has 2 aliphatic heterocycles. The summed E-state index contributed by atoms with van der Waals surface area (Å²) in [6.45, 7) is 3.54. The van der Waals surface area contributed by atoms with E-state index in [-0.39, 0.29) is 5.56 Å². The number of imidazole rings is 1. The highest BCUT2D eigenvalue weighted by Gasteiger charge is 2.27. The highest BCUT2D eigenvalue weighted by molar-refractivity contribution is 5.19. The van der Waals surface area contributed by atoms with Crippen molar-refractivity contribution in [2.45, 2.75) is 57.8 Å². The summed E-state index contributed by atoms with van der Waals surface area (Å²) in [6.07, 6.45) is 11.1. The first-order valence-electron chi connectivity index (χ1n) is 10.1. The number of aromatic nitrogens is 6. The second kappa shape index (κ2) is 7.35. The molecule has 28 heavy (non-hydrogen) atoms. The molecule has 1 unspecified atom stereocenters. The molecule has 1 atom stereocenters. The number of likely N-dealkylation sites (tertiary alicyclic amines) is 1. The molecule has 8 heteroatoms. The summed E-state index contributed by atoms with van der Waals surface area (Å²) in [5.74, 6) is 0.712. The van der Waals surface area contributed by atoms with E-state index in [9.17, 15) is 4.79 Å². The van der Waals surface area contributed by atoms with Gasteiger partial charge in [-0.25, -0.2) is 9.67 Å². The predicted molar refractivity (Wildman–Crippen MR) is 104 cm³/mol. The van der Waals surface area contributed by atoms with Gasteiger partial charge in [0.2, 0.25) is 0 Å². The van der Waals surface area contributed by atoms with Crippen LogP contribution in [0.2, 0.25) is 0 Å². The van der Waals surface area contributed by atoms with Crippen LogP contribution >= 0.6 is 0 Å². The van der Waals surface area contributed by atoms with Crippen molar-refractivity contribution >= 4 is 0 Å². The minimum absolute atomic E-state index is 0.0619. The van der Waals surface area contributed by atoms with Crippen LogP contribution in [0.5, 0.6) is 0 Å². The summed E-state index contributed by atoms with van der Waals surface area (Å²) in [6, 6.07) is 5.90. The molecule has 0 bridgehead atoms. The fourth-order valence-corrected chi connectivity index (χ4v) is 4.37. The molecule has 0 amide bonds. The van der Waals surface area contributed by atoms with E-state index in [1.54, 1.807) is 29.3 Å². The molecule has 0 aliphatic carbocycles. The van der Waals surface area contributed by atoms with Crippen LogP contribution in [0.15, 0.2) is 41.7 Å². The molecule has 146 valence electrons. The first-order valence-corrected chi connectivity index (χ1v) is 10.1. The van der Waals surface area contributed by atoms with Gasteiger partial charge in [0, 0.05) is 43.3 Å². The largest absolute Gasteiger partial charge is 0.293 e. The Morgan fingerprint density at radius 1 is 1.11 bits per heavy atom. The monoisotopic (exact) mass is 379 g/mol. The summed E-state index contributed by atoms with van der Waals surface area (Å²) in [5, 5.41) is 9.36. The smallest absolute Gasteiger partial charge is 0.266 e. The molecule has 0 aromatic carbocycles. The molecule has 0 N–H and O–H groups in total. The van der Waals surface area contributed by atoms with Crippen molar-refractivity contribution < 1.29 is 0 Å². The third-order valence-corrected chi connectivity index (χ3v) is 5.84. The highest BCUT2D eigenvalue weighted by Crippen LogP contribution is 2.22. The molecule has 0 radical (unpaired) electrons. The number of hydrogen-bond acceptors (Lipinski definition) is 5. The average Bonchev–Trinajstić information content (AvgIpc) is 3.45. The number of nitrogens with zero attached hydrogens (tertiary/aromatic N) is 7. The van der Waals surface area contributed by atoms with Crippen molar-refractivity contribution in [1.82, 2.24) is 34.0 Å². The molecule has 0 spiro atoms. The minimum atomic E-state index is -0.0619. The Balaban J connectivity index is 1.33. The Kier molecular flexibility index (Phi) is 4.56. The maximum atomic E-state index is 12.4. The van der Waals surface area contributed by atoms with Gasteiger partial charge in [0.15, 0.2) is 5.82 Å². The summed E-state index contributed by atoms with van der Waals surface area (Å²) in [5.41, 5.74) is 2.45. The Morgan fingerprint density at radius 2 is 2.07 bits per heavy atom. The van der Waals surface area contributed by atoms with Gasteiger partial charge in [-0.3, -0.25) is 18.9 Å². The Morgan fingerprint density at radius 3 is 2.93 bits per heavy atom. The van der Waals surface area contributed by atoms with Crippen molar-refractivity contribution in [2.24, 2.45) is 0 Å². The van der Waals surface area contributed by atoms with Gasteiger partial charge >= 0.3 is 0 Å². The van der Waals surface area contributed by atoms with E-state index in [0.29, 0.717) is 18.4 Å². The van der Waals surface area contributed by atoms with Crippen LogP contribution in [-0.4, -0.2) is 46.6 Å². The highest BCUT2D eigenvalue weighted by atomic mass is 16.1. The minimum Gasteiger partial charge on any atom is -0.293 e. The van der Waals surface area contributed by atoms with Crippen molar-refractivity contribution in [2.75, 3.05) is 6.54 Å². The number of rotatable bonds is 5. The summed E-state index contributed by atoms with van der Waals surface area (Å²) in [4.78, 5) is 18.9. The van der Waals surface area contributed by atoms with E-state index >= 15 is 0 Å². The van der Waals surface area contributed by atoms with Crippen LogP contribution in [0.3, 0.4) is 0 Å². The standard InChI is InChI=1S/C20H25N7O/c28-20-7-6-19(25-11-8-21-15-25)23-27(20)14-18-5-3-9-24(18)13-16-12-17-4-1-2-10-26(17)22-16/h6-8,11-12,15,18H,1-5,9-10,13-14H2. The molecule has 3 aromatic heterocycles. The van der Waals surface area contributed by atoms with E-state index in [4.69, 9.17) is 5.10 Å². The predicted octanol–water partition coefficient (Wildman–Crippen LogP) is 1.63. The van der Waals surface area contributed by atoms with Crippen LogP contribution in [0, 0.1) is 0 Å². The van der Waals surface area contributed by atoms with Crippen LogP contribution in [0.1, 0.15) is 37.1 Å². The van der Waals surface area contributed by atoms with Gasteiger partial charge in [0.05, 0.1) is 12.2 Å². The topological polar surface area (TPSA) is 73.8 Å². The van der Waals surface area contributed by atoms with Crippen molar-refractivity contribution in [3.05, 3.63) is 58.7 Å². The van der Waals surface area contributed by atoms with Gasteiger partial charge in [0.1, 0.15) is 6.33 Å². The average molecular weight is 379 g/mol. The maximum absolute atomic E-state index is 12.4. The second-order valence-electron chi connectivity index (χ2n) is 7.76. The summed E-state index contributed by atoms with van der Waals surface area (Å²) in [7, 11) is 0. The van der Waals surface area contributed by atoms with Crippen molar-refractivity contribution in [1.29, 1.82) is 0 Å². The number of fused-ring (bicyclic) bond motifs is 1. The molecule has 0 saturated carbocycles. The van der Waals surface area contributed by atoms with Gasteiger partial charge in [-0.15, -0.1) is 0 Å². The maximum Gasteiger partial charge on any atom is 0.266 e. The normalized spacial score (nSPS) is 19.8. The molecular formula is C20H25N7O. The first-order chi connectivity index (χ1) is 13.8. The lowest BCUT2D eigenvalue weighted by molar-refractivity contribution is 0.213. The SMILES string of the molecule is O=c1ccc(-n2ccnc2)nn1CC1CCCN1Cc1cc2n(n1)CCCC2. The van der Waals surface area contributed by atoms with Crippen molar-refractivity contribution in [3.8, 4) is 5.82 Å². The quantitative estimate of drug-likeness (QED) is 0.674. The molecule has 3 aromatic rings. The van der Waals surface area contributed by atoms with Gasteiger partial charge in [-0.05, 0) is 50.8 Å². The molecule has 5 heterocycles.